The van der Waals surface area contributed by atoms with Gasteiger partial charge in [0.2, 0.25) is 10.0 Å². The van der Waals surface area contributed by atoms with Crippen LogP contribution in [0.4, 0.5) is 5.69 Å². The van der Waals surface area contributed by atoms with Crippen LogP contribution in [0.25, 0.3) is 0 Å². The van der Waals surface area contributed by atoms with Crippen molar-refractivity contribution in [1.82, 2.24) is 4.72 Å². The van der Waals surface area contributed by atoms with Crippen molar-refractivity contribution < 1.29 is 8.42 Å². The Bertz CT molecular complexity index is 517. The molecule has 0 spiro atoms. The molecule has 0 radical (unpaired) electrons. The zero-order chi connectivity index (χ0) is 13.9. The number of rotatable bonds is 4. The molecule has 1 aromatic rings. The van der Waals surface area contributed by atoms with Crippen molar-refractivity contribution in [2.45, 2.75) is 49.5 Å². The van der Waals surface area contributed by atoms with E-state index in [1.165, 1.54) is 6.42 Å². The Balaban J connectivity index is 2.17. The molecule has 1 aliphatic carbocycles. The molecule has 1 saturated carbocycles. The van der Waals surface area contributed by atoms with Crippen molar-refractivity contribution in [2.75, 3.05) is 12.4 Å². The predicted octanol–water partition coefficient (Wildman–Crippen LogP) is 2.73. The van der Waals surface area contributed by atoms with E-state index in [0.29, 0.717) is 4.90 Å². The molecule has 5 heteroatoms. The Morgan fingerprint density at radius 2 is 1.63 bits per heavy atom. The van der Waals surface area contributed by atoms with Crippen molar-refractivity contribution in [2.24, 2.45) is 0 Å². The number of hydrogen-bond acceptors (Lipinski definition) is 3. The summed E-state index contributed by atoms with van der Waals surface area (Å²) in [5.74, 6) is 0. The summed E-state index contributed by atoms with van der Waals surface area (Å²) in [7, 11) is -1.61. The van der Waals surface area contributed by atoms with Gasteiger partial charge >= 0.3 is 0 Å². The fourth-order valence-electron chi connectivity index (χ4n) is 2.62. The van der Waals surface area contributed by atoms with E-state index < -0.39 is 10.0 Å². The topological polar surface area (TPSA) is 58.2 Å². The van der Waals surface area contributed by atoms with Gasteiger partial charge in [-0.05, 0) is 44.0 Å². The van der Waals surface area contributed by atoms with Crippen molar-refractivity contribution in [3.8, 4) is 0 Å². The Kier molecular flexibility index (Phi) is 4.16. The van der Waals surface area contributed by atoms with E-state index in [1.54, 1.807) is 24.3 Å². The molecule has 1 aromatic carbocycles. The molecular weight excluding hydrogens is 260 g/mol. The highest BCUT2D eigenvalue weighted by molar-refractivity contribution is 7.89. The highest BCUT2D eigenvalue weighted by Gasteiger charge is 2.31. The van der Waals surface area contributed by atoms with E-state index in [2.05, 4.69) is 10.0 Å². The third-order valence-electron chi connectivity index (χ3n) is 3.79. The summed E-state index contributed by atoms with van der Waals surface area (Å²) in [5.41, 5.74) is 0.613. The largest absolute Gasteiger partial charge is 0.388 e. The standard InChI is InChI=1S/C14H22N2O2S/c1-14(10-4-3-5-11-14)16-19(17,18)13-8-6-12(15-2)7-9-13/h6-9,15-16H,3-5,10-11H2,1-2H3. The van der Waals surface area contributed by atoms with Gasteiger partial charge in [-0.1, -0.05) is 19.3 Å². The quantitative estimate of drug-likeness (QED) is 0.892. The first-order chi connectivity index (χ1) is 8.95. The van der Waals surface area contributed by atoms with Crippen molar-refractivity contribution in [3.63, 3.8) is 0 Å². The van der Waals surface area contributed by atoms with Crippen molar-refractivity contribution in [1.29, 1.82) is 0 Å². The molecular formula is C14H22N2O2S. The van der Waals surface area contributed by atoms with Crippen LogP contribution in [0.3, 0.4) is 0 Å². The van der Waals surface area contributed by atoms with Crippen LogP contribution in [0.5, 0.6) is 0 Å². The monoisotopic (exact) mass is 282 g/mol. The molecule has 0 amide bonds. The molecule has 106 valence electrons. The molecule has 0 bridgehead atoms. The van der Waals surface area contributed by atoms with Crippen molar-refractivity contribution in [3.05, 3.63) is 24.3 Å². The highest BCUT2D eigenvalue weighted by Crippen LogP contribution is 2.29. The Labute approximate surface area is 115 Å². The summed E-state index contributed by atoms with van der Waals surface area (Å²) >= 11 is 0. The molecule has 2 rings (SSSR count). The molecule has 1 fully saturated rings. The number of benzene rings is 1. The third-order valence-corrected chi connectivity index (χ3v) is 5.45. The lowest BCUT2D eigenvalue weighted by molar-refractivity contribution is 0.294. The molecule has 0 aromatic heterocycles. The second-order valence-corrected chi connectivity index (χ2v) is 7.18. The van der Waals surface area contributed by atoms with Gasteiger partial charge in [-0.3, -0.25) is 0 Å². The van der Waals surface area contributed by atoms with Crippen LogP contribution in [-0.2, 0) is 10.0 Å². The van der Waals surface area contributed by atoms with Gasteiger partial charge in [0.1, 0.15) is 0 Å². The molecule has 19 heavy (non-hydrogen) atoms. The summed E-state index contributed by atoms with van der Waals surface area (Å²) in [4.78, 5) is 0.332. The van der Waals surface area contributed by atoms with Crippen LogP contribution in [0, 0.1) is 0 Å². The molecule has 0 heterocycles. The second kappa shape index (κ2) is 5.51. The van der Waals surface area contributed by atoms with Gasteiger partial charge in [-0.25, -0.2) is 13.1 Å². The average molecular weight is 282 g/mol. The van der Waals surface area contributed by atoms with Crippen LogP contribution in [0.1, 0.15) is 39.0 Å². The SMILES string of the molecule is CNc1ccc(S(=O)(=O)NC2(C)CCCCC2)cc1. The first-order valence-corrected chi connectivity index (χ1v) is 8.25. The third kappa shape index (κ3) is 3.48. The van der Waals surface area contributed by atoms with Gasteiger partial charge in [0.25, 0.3) is 0 Å². The first kappa shape index (κ1) is 14.3. The van der Waals surface area contributed by atoms with E-state index in [-0.39, 0.29) is 5.54 Å². The van der Waals surface area contributed by atoms with Crippen LogP contribution < -0.4 is 10.0 Å². The van der Waals surface area contributed by atoms with Crippen LogP contribution >= 0.6 is 0 Å². The van der Waals surface area contributed by atoms with E-state index in [0.717, 1.165) is 31.4 Å². The van der Waals surface area contributed by atoms with Gasteiger partial charge < -0.3 is 5.32 Å². The van der Waals surface area contributed by atoms with E-state index in [9.17, 15) is 8.42 Å². The van der Waals surface area contributed by atoms with Gasteiger partial charge in [0, 0.05) is 18.3 Å². The van der Waals surface area contributed by atoms with Crippen LogP contribution in [0.15, 0.2) is 29.2 Å². The second-order valence-electron chi connectivity index (χ2n) is 5.50. The maximum atomic E-state index is 12.4. The number of nitrogens with one attached hydrogen (secondary N) is 2. The zero-order valence-electron chi connectivity index (χ0n) is 11.6. The molecule has 4 nitrogen and oxygen atoms in total. The highest BCUT2D eigenvalue weighted by atomic mass is 32.2. The van der Waals surface area contributed by atoms with E-state index in [1.807, 2.05) is 14.0 Å². The number of anilines is 1. The fourth-order valence-corrected chi connectivity index (χ4v) is 4.08. The van der Waals surface area contributed by atoms with Crippen LogP contribution in [-0.4, -0.2) is 21.0 Å². The molecule has 2 N–H and O–H groups in total. The lowest BCUT2D eigenvalue weighted by atomic mass is 9.84. The zero-order valence-corrected chi connectivity index (χ0v) is 12.4. The molecule has 0 unspecified atom stereocenters. The fraction of sp³-hybridized carbons (Fsp3) is 0.571. The van der Waals surface area contributed by atoms with Gasteiger partial charge in [0.05, 0.1) is 4.90 Å². The summed E-state index contributed by atoms with van der Waals surface area (Å²) < 4.78 is 27.6. The summed E-state index contributed by atoms with van der Waals surface area (Å²) in [6.45, 7) is 2.01. The molecule has 0 saturated heterocycles. The minimum atomic E-state index is -3.42. The van der Waals surface area contributed by atoms with E-state index >= 15 is 0 Å². The van der Waals surface area contributed by atoms with Gasteiger partial charge in [0.15, 0.2) is 0 Å². The Hall–Kier alpha value is -1.07. The minimum Gasteiger partial charge on any atom is -0.388 e. The van der Waals surface area contributed by atoms with Crippen LogP contribution in [0.2, 0.25) is 0 Å². The predicted molar refractivity (Wildman–Crippen MR) is 77.8 cm³/mol. The Morgan fingerprint density at radius 3 is 2.16 bits per heavy atom. The summed E-state index contributed by atoms with van der Waals surface area (Å²) in [5, 5.41) is 2.98. The van der Waals surface area contributed by atoms with E-state index in [4.69, 9.17) is 0 Å². The average Bonchev–Trinajstić information content (AvgIpc) is 2.38. The van der Waals surface area contributed by atoms with Gasteiger partial charge in [-0.2, -0.15) is 0 Å². The van der Waals surface area contributed by atoms with Gasteiger partial charge in [-0.15, -0.1) is 0 Å². The summed E-state index contributed by atoms with van der Waals surface area (Å²) in [6.07, 6.45) is 5.23. The van der Waals surface area contributed by atoms with Crippen molar-refractivity contribution >= 4 is 15.7 Å². The maximum Gasteiger partial charge on any atom is 0.241 e. The summed E-state index contributed by atoms with van der Waals surface area (Å²) in [6, 6.07) is 6.83. The lowest BCUT2D eigenvalue weighted by Gasteiger charge is -2.34. The number of sulfonamides is 1. The molecule has 0 aliphatic heterocycles. The molecule has 0 atom stereocenters. The first-order valence-electron chi connectivity index (χ1n) is 6.77. The smallest absolute Gasteiger partial charge is 0.241 e. The lowest BCUT2D eigenvalue weighted by Crippen LogP contribution is -2.47. The Morgan fingerprint density at radius 1 is 1.05 bits per heavy atom. The number of hydrogen-bond donors (Lipinski definition) is 2. The normalized spacial score (nSPS) is 19.1. The minimum absolute atomic E-state index is 0.293. The molecule has 1 aliphatic rings. The maximum absolute atomic E-state index is 12.4.